The van der Waals surface area contributed by atoms with E-state index >= 15 is 0 Å². The summed E-state index contributed by atoms with van der Waals surface area (Å²) in [7, 11) is 0. The van der Waals surface area contributed by atoms with E-state index in [1.54, 1.807) is 0 Å². The number of hydrogen-bond acceptors (Lipinski definition) is 3. The quantitative estimate of drug-likeness (QED) is 0.118. The van der Waals surface area contributed by atoms with Gasteiger partial charge in [-0.05, 0) is 84.7 Å². The summed E-state index contributed by atoms with van der Waals surface area (Å²) in [5.41, 5.74) is 10.2. The van der Waals surface area contributed by atoms with Gasteiger partial charge < -0.3 is 9.30 Å². The number of nitrogens with zero attached hydrogens (tertiary/aromatic N) is 4. The molecule has 6 heteroatoms. The normalized spacial score (nSPS) is 17.9. The maximum absolute atomic E-state index is 6.78. The van der Waals surface area contributed by atoms with Crippen molar-refractivity contribution in [3.05, 3.63) is 119 Å². The minimum absolute atomic E-state index is 0. The van der Waals surface area contributed by atoms with Crippen molar-refractivity contribution in [1.82, 2.24) is 19.3 Å². The summed E-state index contributed by atoms with van der Waals surface area (Å²) in [6.45, 7) is 27.4. The zero-order valence-electron chi connectivity index (χ0n) is 34.2. The summed E-state index contributed by atoms with van der Waals surface area (Å²) < 4.78 is 11.2. The Hall–Kier alpha value is -3.95. The van der Waals surface area contributed by atoms with Gasteiger partial charge in [0.15, 0.2) is 0 Å². The van der Waals surface area contributed by atoms with Crippen LogP contribution in [0.1, 0.15) is 117 Å². The molecule has 0 radical (unpaired) electrons. The molecule has 0 fully saturated rings. The van der Waals surface area contributed by atoms with Crippen LogP contribution < -0.4 is 4.74 Å². The molecular weight excluding hydrogens is 844 g/mol. The molecule has 0 N–H and O–H groups in total. The van der Waals surface area contributed by atoms with Crippen molar-refractivity contribution < 1.29 is 25.8 Å². The van der Waals surface area contributed by atoms with Crippen LogP contribution in [0.5, 0.6) is 11.5 Å². The molecule has 3 heterocycles. The van der Waals surface area contributed by atoms with E-state index in [1.807, 2.05) is 12.3 Å². The standard InChI is InChI=1S/C48H56N4O.Pt/c1-29(2)21-34-19-20-49-43(24-34)51-41-16-14-13-15-39(41)40-18-17-37(28-42(40)51)53-38-26-35(47(7,8)9)25-36(27-38)52-46(48(10,11)12)45(33(6)50-52)44-31(4)22-30(3)23-32(44)5;/h13-20,22,24-26,29-30,32,44H,21,23H2,1-12H3;/q-2;+2/t30-,32-,44?;/m0./s1. The molecule has 284 valence electrons. The molecule has 54 heavy (non-hydrogen) atoms. The Balaban J connectivity index is 0.00000497. The van der Waals surface area contributed by atoms with E-state index in [0.717, 1.165) is 51.0 Å². The van der Waals surface area contributed by atoms with Crippen molar-refractivity contribution in [2.45, 2.75) is 113 Å². The Morgan fingerprint density at radius 3 is 2.30 bits per heavy atom. The molecule has 3 aromatic heterocycles. The van der Waals surface area contributed by atoms with Crippen molar-refractivity contribution in [2.75, 3.05) is 0 Å². The van der Waals surface area contributed by atoms with Crippen molar-refractivity contribution in [3.63, 3.8) is 0 Å². The van der Waals surface area contributed by atoms with Gasteiger partial charge in [-0.1, -0.05) is 105 Å². The number of hydrogen-bond donors (Lipinski definition) is 0. The third-order valence-electron chi connectivity index (χ3n) is 10.9. The molecule has 7 rings (SSSR count). The second kappa shape index (κ2) is 14.9. The third kappa shape index (κ3) is 7.63. The van der Waals surface area contributed by atoms with Crippen LogP contribution in [0.15, 0.2) is 78.5 Å². The van der Waals surface area contributed by atoms with Crippen molar-refractivity contribution in [3.8, 4) is 23.0 Å². The molecule has 0 saturated carbocycles. The zero-order valence-corrected chi connectivity index (χ0v) is 36.4. The van der Waals surface area contributed by atoms with Gasteiger partial charge in [0.1, 0.15) is 5.82 Å². The van der Waals surface area contributed by atoms with Crippen LogP contribution in [0.25, 0.3) is 33.3 Å². The summed E-state index contributed by atoms with van der Waals surface area (Å²) in [6, 6.07) is 28.7. The zero-order chi connectivity index (χ0) is 38.0. The van der Waals surface area contributed by atoms with Crippen molar-refractivity contribution >= 4 is 21.8 Å². The number of aryl methyl sites for hydroxylation is 1. The fraction of sp³-hybridized carbons (Fsp3) is 0.417. The number of fused-ring (bicyclic) bond motifs is 3. The number of allylic oxidation sites excluding steroid dienone is 2. The maximum atomic E-state index is 6.78. The van der Waals surface area contributed by atoms with E-state index in [1.165, 1.54) is 28.8 Å². The first-order chi connectivity index (χ1) is 25.0. The predicted octanol–water partition coefficient (Wildman–Crippen LogP) is 12.6. The SMILES string of the molecule is CC1=C[C@H](C)C[C@H](C)C1c1c(C)nn(-c2[c-]c(Oc3[c-]c4c(cc3)c3ccccc3n4-c3cc(CC(C)C)ccn3)cc(C(C)(C)C)c2)c1C(C)(C)C.[Pt+2]. The Morgan fingerprint density at radius 1 is 0.870 bits per heavy atom. The molecule has 1 aliphatic rings. The third-order valence-corrected chi connectivity index (χ3v) is 10.9. The van der Waals surface area contributed by atoms with E-state index in [0.29, 0.717) is 35.2 Å². The second-order valence-electron chi connectivity index (χ2n) is 18.1. The first-order valence-corrected chi connectivity index (χ1v) is 19.4. The molecular formula is C48H56N4OPt. The Morgan fingerprint density at radius 2 is 1.61 bits per heavy atom. The van der Waals surface area contributed by atoms with Crippen molar-refractivity contribution in [1.29, 1.82) is 0 Å². The van der Waals surface area contributed by atoms with Gasteiger partial charge in [-0.3, -0.25) is 4.68 Å². The molecule has 1 aliphatic carbocycles. The minimum atomic E-state index is -0.154. The van der Waals surface area contributed by atoms with Crippen LogP contribution in [-0.4, -0.2) is 19.3 Å². The van der Waals surface area contributed by atoms with E-state index in [2.05, 4.69) is 165 Å². The molecule has 0 saturated heterocycles. The molecule has 6 aromatic rings. The second-order valence-corrected chi connectivity index (χ2v) is 18.1. The molecule has 1 unspecified atom stereocenters. The van der Waals surface area contributed by atoms with Crippen LogP contribution in [0.3, 0.4) is 0 Å². The van der Waals surface area contributed by atoms with Gasteiger partial charge in [0.05, 0.1) is 11.4 Å². The van der Waals surface area contributed by atoms with Crippen molar-refractivity contribution in [2.24, 2.45) is 17.8 Å². The number of benzene rings is 3. The van der Waals surface area contributed by atoms with Crippen LogP contribution in [0.2, 0.25) is 0 Å². The van der Waals surface area contributed by atoms with E-state index < -0.39 is 0 Å². The average Bonchev–Trinajstić information content (AvgIpc) is 3.58. The van der Waals surface area contributed by atoms with Crippen LogP contribution in [0, 0.1) is 36.8 Å². The molecule has 0 aliphatic heterocycles. The maximum Gasteiger partial charge on any atom is 2.00 e. The topological polar surface area (TPSA) is 44.9 Å². The fourth-order valence-corrected chi connectivity index (χ4v) is 8.71. The number of ether oxygens (including phenoxy) is 1. The smallest absolute Gasteiger partial charge is 0.509 e. The molecule has 3 aromatic carbocycles. The number of pyridine rings is 1. The van der Waals surface area contributed by atoms with E-state index in [9.17, 15) is 0 Å². The molecule has 3 atom stereocenters. The minimum Gasteiger partial charge on any atom is -0.509 e. The summed E-state index contributed by atoms with van der Waals surface area (Å²) in [4.78, 5) is 4.85. The van der Waals surface area contributed by atoms with Gasteiger partial charge in [0.25, 0.3) is 0 Å². The van der Waals surface area contributed by atoms with Crippen LogP contribution in [0.4, 0.5) is 0 Å². The molecule has 0 bridgehead atoms. The summed E-state index contributed by atoms with van der Waals surface area (Å²) in [5.74, 6) is 4.18. The summed E-state index contributed by atoms with van der Waals surface area (Å²) in [5, 5.41) is 7.58. The van der Waals surface area contributed by atoms with E-state index in [4.69, 9.17) is 14.8 Å². The van der Waals surface area contributed by atoms with Crippen LogP contribution >= 0.6 is 0 Å². The number of rotatable bonds is 7. The Bertz CT molecular complexity index is 2350. The summed E-state index contributed by atoms with van der Waals surface area (Å²) in [6.07, 6.45) is 6.57. The molecule has 0 amide bonds. The van der Waals surface area contributed by atoms with E-state index in [-0.39, 0.29) is 31.9 Å². The van der Waals surface area contributed by atoms with Gasteiger partial charge in [-0.25, -0.2) is 4.98 Å². The van der Waals surface area contributed by atoms with Gasteiger partial charge in [-0.15, -0.1) is 41.3 Å². The molecule has 0 spiro atoms. The van der Waals surface area contributed by atoms with Gasteiger partial charge in [0, 0.05) is 40.1 Å². The van der Waals surface area contributed by atoms with Gasteiger partial charge in [-0.2, -0.15) is 11.2 Å². The largest absolute Gasteiger partial charge is 2.00 e. The number of aromatic nitrogens is 4. The molecule has 5 nitrogen and oxygen atoms in total. The van der Waals surface area contributed by atoms with Gasteiger partial charge >= 0.3 is 21.1 Å². The summed E-state index contributed by atoms with van der Waals surface area (Å²) >= 11 is 0. The fourth-order valence-electron chi connectivity index (χ4n) is 8.71. The monoisotopic (exact) mass is 899 g/mol. The first-order valence-electron chi connectivity index (χ1n) is 19.4. The predicted molar refractivity (Wildman–Crippen MR) is 220 cm³/mol. The Labute approximate surface area is 337 Å². The number of para-hydroxylation sites is 1. The Kier molecular flexibility index (Phi) is 11.0. The van der Waals surface area contributed by atoms with Crippen LogP contribution in [-0.2, 0) is 38.3 Å². The van der Waals surface area contributed by atoms with Gasteiger partial charge in [0.2, 0.25) is 0 Å². The first kappa shape index (κ1) is 39.7. The average molecular weight is 900 g/mol.